The number of ether oxygens (including phenoxy) is 2. The number of amides is 3. The normalized spacial score (nSPS) is 16.3. The van der Waals surface area contributed by atoms with Crippen LogP contribution in [0.1, 0.15) is 84.6 Å². The van der Waals surface area contributed by atoms with Crippen LogP contribution >= 0.6 is 0 Å². The third kappa shape index (κ3) is 12.3. The summed E-state index contributed by atoms with van der Waals surface area (Å²) in [5, 5.41) is 8.64. The highest BCUT2D eigenvalue weighted by Crippen LogP contribution is 2.29. The van der Waals surface area contributed by atoms with Gasteiger partial charge < -0.3 is 31.2 Å². The van der Waals surface area contributed by atoms with Crippen molar-refractivity contribution in [3.63, 3.8) is 0 Å². The average Bonchev–Trinajstić information content (AvgIpc) is 2.99. The van der Waals surface area contributed by atoms with Gasteiger partial charge in [0.15, 0.2) is 5.78 Å². The summed E-state index contributed by atoms with van der Waals surface area (Å²) in [5.41, 5.74) is 5.45. The Labute approximate surface area is 255 Å². The number of carbonyl (C=O) groups is 5. The molecule has 3 amide bonds. The maximum atomic E-state index is 13.6. The lowest BCUT2D eigenvalue weighted by Gasteiger charge is -2.31. The average molecular weight is 603 g/mol. The molecule has 0 aromatic heterocycles. The molecule has 0 saturated carbocycles. The summed E-state index contributed by atoms with van der Waals surface area (Å²) < 4.78 is 11.0. The number of carbonyl (C=O) groups excluding carboxylic acids is 5. The Bertz CT molecular complexity index is 1070. The number of nitrogens with two attached hydrogens (primary N) is 1. The summed E-state index contributed by atoms with van der Waals surface area (Å²) in [6.45, 7) is 8.80. The summed E-state index contributed by atoms with van der Waals surface area (Å²) in [7, 11) is 0. The van der Waals surface area contributed by atoms with Crippen molar-refractivity contribution in [3.05, 3.63) is 29.8 Å². The Morgan fingerprint density at radius 2 is 1.72 bits per heavy atom. The first-order valence-corrected chi connectivity index (χ1v) is 15.5. The van der Waals surface area contributed by atoms with Crippen molar-refractivity contribution in [2.75, 3.05) is 26.4 Å². The molecule has 3 atom stereocenters. The van der Waals surface area contributed by atoms with Gasteiger partial charge in [-0.15, -0.1) is 0 Å². The maximum absolute atomic E-state index is 13.6. The maximum Gasteiger partial charge on any atom is 0.314 e. The quantitative estimate of drug-likeness (QED) is 0.107. The Hall–Kier alpha value is -3.47. The van der Waals surface area contributed by atoms with Gasteiger partial charge in [0.25, 0.3) is 0 Å². The van der Waals surface area contributed by atoms with E-state index in [0.29, 0.717) is 31.4 Å². The van der Waals surface area contributed by atoms with Crippen molar-refractivity contribution in [2.24, 2.45) is 23.0 Å². The van der Waals surface area contributed by atoms with Crippen molar-refractivity contribution >= 4 is 29.5 Å². The van der Waals surface area contributed by atoms with E-state index in [1.807, 2.05) is 20.8 Å². The molecule has 1 aliphatic rings. The predicted octanol–water partition coefficient (Wildman–Crippen LogP) is 2.79. The molecule has 0 spiro atoms. The van der Waals surface area contributed by atoms with Gasteiger partial charge >= 0.3 is 5.97 Å². The molecule has 1 saturated heterocycles. The van der Waals surface area contributed by atoms with Crippen molar-refractivity contribution in [2.45, 2.75) is 91.5 Å². The molecule has 1 aromatic carbocycles. The van der Waals surface area contributed by atoms with Gasteiger partial charge in [0.05, 0.1) is 18.0 Å². The fourth-order valence-electron chi connectivity index (χ4n) is 5.01. The molecule has 0 aliphatic carbocycles. The van der Waals surface area contributed by atoms with Gasteiger partial charge in [-0.25, -0.2) is 0 Å². The van der Waals surface area contributed by atoms with Gasteiger partial charge in [-0.2, -0.15) is 0 Å². The zero-order valence-electron chi connectivity index (χ0n) is 26.2. The zero-order chi connectivity index (χ0) is 31.8. The third-order valence-corrected chi connectivity index (χ3v) is 8.24. The molecule has 43 heavy (non-hydrogen) atoms. The van der Waals surface area contributed by atoms with E-state index in [1.165, 1.54) is 0 Å². The Morgan fingerprint density at radius 1 is 1.05 bits per heavy atom. The van der Waals surface area contributed by atoms with Crippen LogP contribution in [0.2, 0.25) is 0 Å². The number of Topliss-reactive ketones (excluding diaryl/α,β-unsaturated/α-hetero) is 1. The van der Waals surface area contributed by atoms with E-state index < -0.39 is 29.2 Å². The van der Waals surface area contributed by atoms with E-state index in [-0.39, 0.29) is 49.8 Å². The summed E-state index contributed by atoms with van der Waals surface area (Å²) in [6, 6.07) is 6.20. The molecule has 1 fully saturated rings. The summed E-state index contributed by atoms with van der Waals surface area (Å²) in [4.78, 5) is 62.8. The number of unbranched alkanes of at least 4 members (excludes halogenated alkanes) is 2. The third-order valence-electron chi connectivity index (χ3n) is 8.24. The van der Waals surface area contributed by atoms with Crippen LogP contribution in [0.25, 0.3) is 0 Å². The number of hydrogen-bond acceptors (Lipinski definition) is 8. The number of primary amides is 1. The first-order valence-electron chi connectivity index (χ1n) is 15.5. The second kappa shape index (κ2) is 18.3. The largest absolute Gasteiger partial charge is 0.457 e. The van der Waals surface area contributed by atoms with E-state index in [9.17, 15) is 24.0 Å². The monoisotopic (exact) mass is 602 g/mol. The SMILES string of the molecule is CCCCCC(=O)NC(Cc1ccc(OCOC(=O)C2(C)CCNCC2)cc1)C(=O)CC(C(=O)NCC(N)=O)C(C)CC. The number of piperidine rings is 1. The van der Waals surface area contributed by atoms with E-state index >= 15 is 0 Å². The van der Waals surface area contributed by atoms with Gasteiger partial charge in [0, 0.05) is 18.8 Å². The van der Waals surface area contributed by atoms with Crippen LogP contribution in [0, 0.1) is 17.3 Å². The van der Waals surface area contributed by atoms with Crippen LogP contribution in [0.4, 0.5) is 0 Å². The van der Waals surface area contributed by atoms with Crippen LogP contribution in [-0.2, 0) is 35.1 Å². The lowest BCUT2D eigenvalue weighted by Crippen LogP contribution is -2.45. The molecule has 5 N–H and O–H groups in total. The molecule has 11 nitrogen and oxygen atoms in total. The summed E-state index contributed by atoms with van der Waals surface area (Å²) >= 11 is 0. The van der Waals surface area contributed by atoms with Gasteiger partial charge in [-0.1, -0.05) is 52.2 Å². The fraction of sp³-hybridized carbons (Fsp3) is 0.656. The molecule has 240 valence electrons. The number of rotatable bonds is 19. The molecule has 1 heterocycles. The molecule has 2 rings (SSSR count). The van der Waals surface area contributed by atoms with Crippen molar-refractivity contribution < 1.29 is 33.4 Å². The topological polar surface area (TPSA) is 166 Å². The van der Waals surface area contributed by atoms with Gasteiger partial charge in [-0.3, -0.25) is 24.0 Å². The Balaban J connectivity index is 2.06. The minimum Gasteiger partial charge on any atom is -0.457 e. The Morgan fingerprint density at radius 3 is 2.33 bits per heavy atom. The number of ketones is 1. The highest BCUT2D eigenvalue weighted by Gasteiger charge is 2.36. The molecule has 0 radical (unpaired) electrons. The molecular weight excluding hydrogens is 552 g/mol. The second-order valence-electron chi connectivity index (χ2n) is 11.8. The van der Waals surface area contributed by atoms with Crippen molar-refractivity contribution in [3.8, 4) is 5.75 Å². The summed E-state index contributed by atoms with van der Waals surface area (Å²) in [6.07, 6.45) is 5.15. The molecule has 1 aromatic rings. The molecule has 11 heteroatoms. The standard InChI is InChI=1S/C32H50N4O7/c1-5-7-8-9-29(39)36-26(27(37)19-25(22(3)6-2)30(40)35-20-28(33)38)18-23-10-12-24(13-11-23)42-21-43-31(41)32(4)14-16-34-17-15-32/h10-13,22,25-26,34H,5-9,14-21H2,1-4H3,(H2,33,38)(H,35,40)(H,36,39). The van der Waals surface area contributed by atoms with E-state index in [4.69, 9.17) is 15.2 Å². The van der Waals surface area contributed by atoms with Crippen LogP contribution in [-0.4, -0.2) is 61.9 Å². The van der Waals surface area contributed by atoms with Gasteiger partial charge in [-0.05, 0) is 69.3 Å². The fourth-order valence-corrected chi connectivity index (χ4v) is 5.01. The lowest BCUT2D eigenvalue weighted by molar-refractivity contribution is -0.163. The van der Waals surface area contributed by atoms with Crippen LogP contribution in [0.3, 0.4) is 0 Å². The second-order valence-corrected chi connectivity index (χ2v) is 11.8. The van der Waals surface area contributed by atoms with E-state index in [0.717, 1.165) is 37.9 Å². The Kier molecular flexibility index (Phi) is 15.2. The van der Waals surface area contributed by atoms with E-state index in [2.05, 4.69) is 22.9 Å². The minimum absolute atomic E-state index is 0.0823. The number of nitrogens with one attached hydrogen (secondary N) is 3. The molecule has 0 bridgehead atoms. The zero-order valence-corrected chi connectivity index (χ0v) is 26.2. The highest BCUT2D eigenvalue weighted by molar-refractivity contribution is 5.93. The van der Waals surface area contributed by atoms with E-state index in [1.54, 1.807) is 24.3 Å². The number of esters is 1. The first-order chi connectivity index (χ1) is 20.5. The van der Waals surface area contributed by atoms with Crippen LogP contribution in [0.5, 0.6) is 5.75 Å². The predicted molar refractivity (Wildman–Crippen MR) is 163 cm³/mol. The van der Waals surface area contributed by atoms with Crippen molar-refractivity contribution in [1.82, 2.24) is 16.0 Å². The number of benzene rings is 1. The van der Waals surface area contributed by atoms with Gasteiger partial charge in [0.2, 0.25) is 24.5 Å². The summed E-state index contributed by atoms with van der Waals surface area (Å²) in [5.74, 6) is -2.12. The number of hydrogen-bond donors (Lipinski definition) is 4. The molecule has 1 aliphatic heterocycles. The van der Waals surface area contributed by atoms with Crippen LogP contribution in [0.15, 0.2) is 24.3 Å². The van der Waals surface area contributed by atoms with Crippen LogP contribution < -0.4 is 26.4 Å². The van der Waals surface area contributed by atoms with Gasteiger partial charge in [0.1, 0.15) is 5.75 Å². The van der Waals surface area contributed by atoms with Crippen molar-refractivity contribution in [1.29, 1.82) is 0 Å². The lowest BCUT2D eigenvalue weighted by atomic mass is 9.81. The molecular formula is C32H50N4O7. The smallest absolute Gasteiger partial charge is 0.314 e. The molecule has 3 unspecified atom stereocenters. The minimum atomic E-state index is -0.830. The first kappa shape index (κ1) is 35.7. The highest BCUT2D eigenvalue weighted by atomic mass is 16.7.